The summed E-state index contributed by atoms with van der Waals surface area (Å²) in [5, 5.41) is 31.6. The molecular weight excluding hydrogens is 424 g/mol. The summed E-state index contributed by atoms with van der Waals surface area (Å²) >= 11 is 7.91. The number of likely N-dealkylation sites (N-methyl/N-ethyl adjacent to an activating group) is 1. The number of allylic oxidation sites excluding steroid dienone is 2. The molecule has 0 aromatic carbocycles. The average Bonchev–Trinajstić information content (AvgIpc) is 3.27. The molecule has 1 fully saturated rings. The van der Waals surface area contributed by atoms with E-state index in [9.17, 15) is 15.0 Å². The lowest BCUT2D eigenvalue weighted by Gasteiger charge is -2.41. The van der Waals surface area contributed by atoms with E-state index in [0.717, 1.165) is 22.7 Å². The van der Waals surface area contributed by atoms with E-state index in [1.54, 1.807) is 11.3 Å². The Labute approximate surface area is 186 Å². The zero-order chi connectivity index (χ0) is 21.7. The maximum Gasteiger partial charge on any atom is 0.243 e. The van der Waals surface area contributed by atoms with Crippen molar-refractivity contribution in [3.8, 4) is 0 Å². The van der Waals surface area contributed by atoms with Gasteiger partial charge < -0.3 is 15.5 Å². The summed E-state index contributed by atoms with van der Waals surface area (Å²) in [7, 11) is 0. The minimum absolute atomic E-state index is 0.140. The van der Waals surface area contributed by atoms with Crippen molar-refractivity contribution in [1.82, 2.24) is 21.1 Å². The van der Waals surface area contributed by atoms with Gasteiger partial charge >= 0.3 is 0 Å². The third-order valence-corrected chi connectivity index (χ3v) is 7.16. The Kier molecular flexibility index (Phi) is 7.95. The molecule has 2 heterocycles. The van der Waals surface area contributed by atoms with E-state index >= 15 is 0 Å². The number of halogens is 1. The molecule has 9 heteroatoms. The summed E-state index contributed by atoms with van der Waals surface area (Å²) in [5.74, 6) is -0.297. The maximum atomic E-state index is 12.9. The number of carbonyl (C=O) groups is 1. The highest BCUT2D eigenvalue weighted by Crippen LogP contribution is 2.32. The third-order valence-electron chi connectivity index (χ3n) is 5.75. The summed E-state index contributed by atoms with van der Waals surface area (Å²) in [6, 6.07) is 2.05. The molecule has 2 aliphatic rings. The summed E-state index contributed by atoms with van der Waals surface area (Å²) in [5.41, 5.74) is 2.26. The van der Waals surface area contributed by atoms with Gasteiger partial charge in [0.15, 0.2) is 0 Å². The number of thiophene rings is 1. The highest BCUT2D eigenvalue weighted by molar-refractivity contribution is 7.10. The van der Waals surface area contributed by atoms with E-state index in [4.69, 9.17) is 11.6 Å². The molecule has 166 valence electrons. The van der Waals surface area contributed by atoms with Crippen LogP contribution in [0.2, 0.25) is 5.02 Å². The lowest BCUT2D eigenvalue weighted by atomic mass is 9.92. The Hall–Kier alpha value is -1.42. The highest BCUT2D eigenvalue weighted by Gasteiger charge is 2.53. The maximum absolute atomic E-state index is 12.9. The van der Waals surface area contributed by atoms with Gasteiger partial charge in [0.05, 0.1) is 11.1 Å². The highest BCUT2D eigenvalue weighted by atomic mass is 35.5. The fourth-order valence-corrected chi connectivity index (χ4v) is 5.18. The van der Waals surface area contributed by atoms with Gasteiger partial charge in [-0.25, -0.2) is 5.43 Å². The lowest BCUT2D eigenvalue weighted by Crippen LogP contribution is -2.68. The minimum atomic E-state index is -1.26. The molecule has 0 radical (unpaired) electrons. The average molecular weight is 455 g/mol. The van der Waals surface area contributed by atoms with Gasteiger partial charge in [0, 0.05) is 30.1 Å². The number of rotatable bonds is 9. The Morgan fingerprint density at radius 1 is 1.40 bits per heavy atom. The fraction of sp³-hybridized carbons (Fsp3) is 0.571. The predicted molar refractivity (Wildman–Crippen MR) is 120 cm³/mol. The monoisotopic (exact) mass is 454 g/mol. The van der Waals surface area contributed by atoms with Crippen LogP contribution in [0, 0.1) is 0 Å². The number of nitrogens with one attached hydrogen (secondary N) is 3. The molecule has 1 saturated carbocycles. The van der Waals surface area contributed by atoms with Crippen LogP contribution < -0.4 is 16.1 Å². The molecule has 0 saturated heterocycles. The van der Waals surface area contributed by atoms with Crippen LogP contribution >= 0.6 is 22.9 Å². The second-order valence-electron chi connectivity index (χ2n) is 7.73. The van der Waals surface area contributed by atoms with Gasteiger partial charge in [-0.3, -0.25) is 15.1 Å². The van der Waals surface area contributed by atoms with Gasteiger partial charge in [-0.2, -0.15) is 0 Å². The van der Waals surface area contributed by atoms with Crippen LogP contribution in [0.15, 0.2) is 35.9 Å². The Bertz CT molecular complexity index is 786. The van der Waals surface area contributed by atoms with Crippen molar-refractivity contribution in [2.45, 2.75) is 69.5 Å². The van der Waals surface area contributed by atoms with Gasteiger partial charge in [0.1, 0.15) is 17.8 Å². The molecule has 5 atom stereocenters. The lowest BCUT2D eigenvalue weighted by molar-refractivity contribution is -0.134. The van der Waals surface area contributed by atoms with Crippen molar-refractivity contribution in [3.63, 3.8) is 0 Å². The van der Waals surface area contributed by atoms with E-state index in [-0.39, 0.29) is 18.1 Å². The molecule has 5 N–H and O–H groups in total. The second-order valence-corrected chi connectivity index (χ2v) is 9.14. The zero-order valence-electron chi connectivity index (χ0n) is 17.3. The molecule has 7 nitrogen and oxygen atoms in total. The van der Waals surface area contributed by atoms with Crippen LogP contribution in [0.4, 0.5) is 0 Å². The van der Waals surface area contributed by atoms with Crippen LogP contribution in [0.1, 0.15) is 38.0 Å². The molecular formula is C21H31ClN4O3S. The fourth-order valence-electron chi connectivity index (χ4n) is 3.99. The van der Waals surface area contributed by atoms with Crippen LogP contribution in [0.25, 0.3) is 0 Å². The Morgan fingerprint density at radius 2 is 2.20 bits per heavy atom. The number of aliphatic hydroxyl groups excluding tert-OH is 2. The summed E-state index contributed by atoms with van der Waals surface area (Å²) in [6.07, 6.45) is 7.54. The molecule has 0 spiro atoms. The first-order valence-electron chi connectivity index (χ1n) is 10.4. The van der Waals surface area contributed by atoms with Crippen molar-refractivity contribution in [1.29, 1.82) is 0 Å². The van der Waals surface area contributed by atoms with Crippen LogP contribution in [-0.2, 0) is 11.2 Å². The van der Waals surface area contributed by atoms with Crippen molar-refractivity contribution in [3.05, 3.63) is 45.8 Å². The quantitative estimate of drug-likeness (QED) is 0.391. The minimum Gasteiger partial charge on any atom is -0.390 e. The SMILES string of the molecule is CCNC(=O)C1(NC2C=CC=CN2NC(CC)Cc2sccc2Cl)CCC(O)C1O. The van der Waals surface area contributed by atoms with Gasteiger partial charge in [-0.1, -0.05) is 24.6 Å². The zero-order valence-corrected chi connectivity index (χ0v) is 18.9. The van der Waals surface area contributed by atoms with Crippen molar-refractivity contribution in [2.75, 3.05) is 6.54 Å². The number of hydrazine groups is 1. The van der Waals surface area contributed by atoms with E-state index in [1.807, 2.05) is 47.8 Å². The largest absolute Gasteiger partial charge is 0.390 e. The number of hydrogen-bond donors (Lipinski definition) is 5. The van der Waals surface area contributed by atoms with Crippen molar-refractivity contribution >= 4 is 28.8 Å². The number of aliphatic hydroxyl groups is 2. The van der Waals surface area contributed by atoms with Crippen molar-refractivity contribution in [2.24, 2.45) is 0 Å². The summed E-state index contributed by atoms with van der Waals surface area (Å²) in [6.45, 7) is 4.40. The van der Waals surface area contributed by atoms with Crippen molar-refractivity contribution < 1.29 is 15.0 Å². The van der Waals surface area contributed by atoms with Gasteiger partial charge in [-0.05, 0) is 49.8 Å². The number of carbonyl (C=O) groups excluding carboxylic acids is 1. The molecule has 3 rings (SSSR count). The molecule has 1 aromatic heterocycles. The molecule has 0 bridgehead atoms. The first-order chi connectivity index (χ1) is 14.4. The van der Waals surface area contributed by atoms with E-state index in [0.29, 0.717) is 19.4 Å². The van der Waals surface area contributed by atoms with Crippen LogP contribution in [-0.4, -0.2) is 57.6 Å². The Balaban J connectivity index is 1.76. The van der Waals surface area contributed by atoms with E-state index in [1.165, 1.54) is 0 Å². The molecule has 5 unspecified atom stereocenters. The summed E-state index contributed by atoms with van der Waals surface area (Å²) < 4.78 is 0. The number of hydrogen-bond acceptors (Lipinski definition) is 7. The molecule has 1 amide bonds. The smallest absolute Gasteiger partial charge is 0.243 e. The molecule has 30 heavy (non-hydrogen) atoms. The van der Waals surface area contributed by atoms with Gasteiger partial charge in [-0.15, -0.1) is 11.3 Å². The normalized spacial score (nSPS) is 29.4. The third kappa shape index (κ3) is 4.90. The topological polar surface area (TPSA) is 96.9 Å². The van der Waals surface area contributed by atoms with E-state index < -0.39 is 17.7 Å². The first-order valence-corrected chi connectivity index (χ1v) is 11.7. The predicted octanol–water partition coefficient (Wildman–Crippen LogP) is 1.92. The number of amides is 1. The number of nitrogens with zero attached hydrogens (tertiary/aromatic N) is 1. The van der Waals surface area contributed by atoms with Crippen LogP contribution in [0.3, 0.4) is 0 Å². The van der Waals surface area contributed by atoms with Gasteiger partial charge in [0.25, 0.3) is 0 Å². The second kappa shape index (κ2) is 10.3. The standard InChI is InChI=1S/C21H31ClN4O3S/c1-3-14(13-17-15(22)9-12-30-17)25-26-11-6-5-7-18(26)24-21(20(29)23-4-2)10-8-16(27)19(21)28/h5-7,9,11-12,14,16,18-19,24-25,27-28H,3-4,8,10,13H2,1-2H3,(H,23,29). The Morgan fingerprint density at radius 3 is 2.80 bits per heavy atom. The molecule has 1 aromatic rings. The van der Waals surface area contributed by atoms with Crippen LogP contribution in [0.5, 0.6) is 0 Å². The first kappa shape index (κ1) is 23.2. The summed E-state index contributed by atoms with van der Waals surface area (Å²) in [4.78, 5) is 14.0. The van der Waals surface area contributed by atoms with E-state index in [2.05, 4.69) is 23.0 Å². The molecule has 1 aliphatic heterocycles. The molecule has 1 aliphatic carbocycles. The van der Waals surface area contributed by atoms with Gasteiger partial charge in [0.2, 0.25) is 5.91 Å².